The molecule has 2 rings (SSSR count). The number of nitrogens with zero attached hydrogens (tertiary/aromatic N) is 1. The molecule has 1 N–H and O–H groups in total. The third-order valence-electron chi connectivity index (χ3n) is 3.86. The highest BCUT2D eigenvalue weighted by Gasteiger charge is 2.20. The molecule has 0 bridgehead atoms. The van der Waals surface area contributed by atoms with Gasteiger partial charge in [0.05, 0.1) is 36.3 Å². The number of carbonyl (C=O) groups is 1. The van der Waals surface area contributed by atoms with Gasteiger partial charge >= 0.3 is 0 Å². The fraction of sp³-hybridized carbons (Fsp3) is 0.263. The Kier molecular flexibility index (Phi) is 5.55. The van der Waals surface area contributed by atoms with Crippen molar-refractivity contribution in [1.82, 2.24) is 0 Å². The molecule has 0 spiro atoms. The van der Waals surface area contributed by atoms with Crippen LogP contribution in [0.2, 0.25) is 5.02 Å². The highest BCUT2D eigenvalue weighted by Crippen LogP contribution is 2.33. The summed E-state index contributed by atoms with van der Waals surface area (Å²) in [4.78, 5) is 12.5. The molecular weight excluding hydrogens is 340 g/mol. The molecule has 6 heteroatoms. The average molecular weight is 359 g/mol. The number of methoxy groups -OCH3 is 2. The summed E-state index contributed by atoms with van der Waals surface area (Å²) >= 11 is 6.17. The highest BCUT2D eigenvalue weighted by atomic mass is 35.5. The van der Waals surface area contributed by atoms with Crippen LogP contribution in [0, 0.1) is 11.3 Å². The lowest BCUT2D eigenvalue weighted by Crippen LogP contribution is -2.15. The van der Waals surface area contributed by atoms with Crippen molar-refractivity contribution < 1.29 is 14.3 Å². The molecule has 0 saturated heterocycles. The molecule has 5 nitrogen and oxygen atoms in total. The summed E-state index contributed by atoms with van der Waals surface area (Å²) in [5.74, 6) is 0.508. The largest absolute Gasteiger partial charge is 0.493 e. The van der Waals surface area contributed by atoms with E-state index in [9.17, 15) is 10.1 Å². The van der Waals surface area contributed by atoms with Crippen molar-refractivity contribution in [2.75, 3.05) is 19.5 Å². The molecule has 130 valence electrons. The molecule has 0 aliphatic heterocycles. The van der Waals surface area contributed by atoms with Crippen LogP contribution in [0.5, 0.6) is 11.5 Å². The number of benzene rings is 2. The van der Waals surface area contributed by atoms with E-state index in [0.717, 1.165) is 5.56 Å². The summed E-state index contributed by atoms with van der Waals surface area (Å²) in [5.41, 5.74) is 1.17. The molecule has 0 heterocycles. The van der Waals surface area contributed by atoms with Crippen LogP contribution in [-0.2, 0) is 5.41 Å². The number of nitriles is 1. The van der Waals surface area contributed by atoms with Crippen molar-refractivity contribution in [3.63, 3.8) is 0 Å². The van der Waals surface area contributed by atoms with E-state index in [4.69, 9.17) is 21.1 Å². The number of ether oxygens (including phenoxy) is 2. The molecule has 25 heavy (non-hydrogen) atoms. The van der Waals surface area contributed by atoms with Gasteiger partial charge in [-0.3, -0.25) is 4.79 Å². The first kappa shape index (κ1) is 18.6. The lowest BCUT2D eigenvalue weighted by molar-refractivity contribution is 0.102. The molecule has 2 aromatic rings. The van der Waals surface area contributed by atoms with Crippen molar-refractivity contribution in [1.29, 1.82) is 5.26 Å². The molecule has 0 atom stereocenters. The molecule has 0 fully saturated rings. The lowest BCUT2D eigenvalue weighted by Gasteiger charge is -2.16. The fourth-order valence-corrected chi connectivity index (χ4v) is 2.50. The van der Waals surface area contributed by atoms with E-state index < -0.39 is 5.41 Å². The second-order valence-electron chi connectivity index (χ2n) is 5.96. The van der Waals surface area contributed by atoms with E-state index in [1.54, 1.807) is 12.1 Å². The van der Waals surface area contributed by atoms with Crippen LogP contribution < -0.4 is 14.8 Å². The van der Waals surface area contributed by atoms with Crippen LogP contribution in [0.25, 0.3) is 0 Å². The summed E-state index contributed by atoms with van der Waals surface area (Å²) < 4.78 is 10.4. The molecule has 0 unspecified atom stereocenters. The Balaban J connectivity index is 2.24. The number of hydrogen-bond donors (Lipinski definition) is 1. The van der Waals surface area contributed by atoms with Crippen molar-refractivity contribution in [2.24, 2.45) is 0 Å². The van der Waals surface area contributed by atoms with Crippen LogP contribution in [0.1, 0.15) is 29.8 Å². The standard InChI is InChI=1S/C19H19ClN2O3/c1-19(2,11-21)12-5-7-13(8-6-12)22-18(23)14-9-16(24-3)17(25-4)10-15(14)20/h5-10H,1-4H3,(H,22,23). The highest BCUT2D eigenvalue weighted by molar-refractivity contribution is 6.34. The third kappa shape index (κ3) is 4.04. The van der Waals surface area contributed by atoms with Crippen LogP contribution in [0.4, 0.5) is 5.69 Å². The summed E-state index contributed by atoms with van der Waals surface area (Å²) in [6, 6.07) is 12.4. The zero-order chi connectivity index (χ0) is 18.6. The number of halogens is 1. The Morgan fingerprint density at radius 1 is 1.12 bits per heavy atom. The van der Waals surface area contributed by atoms with Gasteiger partial charge in [0.2, 0.25) is 0 Å². The smallest absolute Gasteiger partial charge is 0.257 e. The van der Waals surface area contributed by atoms with Crippen molar-refractivity contribution >= 4 is 23.2 Å². The first-order valence-corrected chi connectivity index (χ1v) is 7.95. The van der Waals surface area contributed by atoms with Crippen LogP contribution >= 0.6 is 11.6 Å². The summed E-state index contributed by atoms with van der Waals surface area (Å²) in [6.45, 7) is 3.67. The van der Waals surface area contributed by atoms with Gasteiger partial charge in [0.25, 0.3) is 5.91 Å². The molecule has 0 aliphatic carbocycles. The predicted octanol–water partition coefficient (Wildman–Crippen LogP) is 4.41. The van der Waals surface area contributed by atoms with E-state index in [2.05, 4.69) is 11.4 Å². The molecule has 0 saturated carbocycles. The Hall–Kier alpha value is -2.71. The van der Waals surface area contributed by atoms with Crippen LogP contribution in [-0.4, -0.2) is 20.1 Å². The van der Waals surface area contributed by atoms with Gasteiger partial charge < -0.3 is 14.8 Å². The maximum Gasteiger partial charge on any atom is 0.257 e. The average Bonchev–Trinajstić information content (AvgIpc) is 2.61. The van der Waals surface area contributed by atoms with E-state index >= 15 is 0 Å². The fourth-order valence-electron chi connectivity index (χ4n) is 2.26. The first-order chi connectivity index (χ1) is 11.8. The minimum Gasteiger partial charge on any atom is -0.493 e. The Morgan fingerprint density at radius 3 is 2.20 bits per heavy atom. The van der Waals surface area contributed by atoms with Gasteiger partial charge in [0.15, 0.2) is 11.5 Å². The Bertz CT molecular complexity index is 824. The minimum atomic E-state index is -0.588. The Morgan fingerprint density at radius 2 is 1.68 bits per heavy atom. The summed E-state index contributed by atoms with van der Waals surface area (Å²) in [6.07, 6.45) is 0. The van der Waals surface area contributed by atoms with Gasteiger partial charge in [-0.2, -0.15) is 5.26 Å². The van der Waals surface area contributed by atoms with E-state index in [-0.39, 0.29) is 16.5 Å². The second kappa shape index (κ2) is 7.45. The van der Waals surface area contributed by atoms with Gasteiger partial charge in [-0.15, -0.1) is 0 Å². The van der Waals surface area contributed by atoms with Crippen molar-refractivity contribution in [3.8, 4) is 17.6 Å². The number of amides is 1. The monoisotopic (exact) mass is 358 g/mol. The molecule has 0 aliphatic rings. The SMILES string of the molecule is COc1cc(Cl)c(C(=O)Nc2ccc(C(C)(C)C#N)cc2)cc1OC. The van der Waals surface area contributed by atoms with Gasteiger partial charge in [-0.25, -0.2) is 0 Å². The van der Waals surface area contributed by atoms with Gasteiger partial charge in [-0.1, -0.05) is 23.7 Å². The topological polar surface area (TPSA) is 71.3 Å². The van der Waals surface area contributed by atoms with E-state index in [1.807, 2.05) is 26.0 Å². The van der Waals surface area contributed by atoms with Gasteiger partial charge in [-0.05, 0) is 37.6 Å². The van der Waals surface area contributed by atoms with E-state index in [0.29, 0.717) is 17.2 Å². The van der Waals surface area contributed by atoms with Crippen LogP contribution in [0.15, 0.2) is 36.4 Å². The number of nitrogens with one attached hydrogen (secondary N) is 1. The van der Waals surface area contributed by atoms with E-state index in [1.165, 1.54) is 26.4 Å². The third-order valence-corrected chi connectivity index (χ3v) is 4.17. The second-order valence-corrected chi connectivity index (χ2v) is 6.36. The molecule has 0 radical (unpaired) electrons. The van der Waals surface area contributed by atoms with Gasteiger partial charge in [0.1, 0.15) is 0 Å². The lowest BCUT2D eigenvalue weighted by atomic mass is 9.86. The molecular formula is C19H19ClN2O3. The number of hydrogen-bond acceptors (Lipinski definition) is 4. The summed E-state index contributed by atoms with van der Waals surface area (Å²) in [7, 11) is 2.99. The van der Waals surface area contributed by atoms with Gasteiger partial charge in [0, 0.05) is 11.8 Å². The predicted molar refractivity (Wildman–Crippen MR) is 97.6 cm³/mol. The zero-order valence-electron chi connectivity index (χ0n) is 14.5. The Labute approximate surface area is 152 Å². The normalized spacial score (nSPS) is 10.7. The first-order valence-electron chi connectivity index (χ1n) is 7.57. The quantitative estimate of drug-likeness (QED) is 0.859. The maximum absolute atomic E-state index is 12.5. The number of rotatable bonds is 5. The number of carbonyl (C=O) groups excluding carboxylic acids is 1. The number of anilines is 1. The minimum absolute atomic E-state index is 0.261. The van der Waals surface area contributed by atoms with Crippen molar-refractivity contribution in [2.45, 2.75) is 19.3 Å². The zero-order valence-corrected chi connectivity index (χ0v) is 15.3. The molecule has 1 amide bonds. The van der Waals surface area contributed by atoms with Crippen molar-refractivity contribution in [3.05, 3.63) is 52.5 Å². The maximum atomic E-state index is 12.5. The molecule has 2 aromatic carbocycles. The van der Waals surface area contributed by atoms with Crippen LogP contribution in [0.3, 0.4) is 0 Å². The molecule has 0 aromatic heterocycles. The summed E-state index contributed by atoms with van der Waals surface area (Å²) in [5, 5.41) is 12.2.